The van der Waals surface area contributed by atoms with E-state index >= 15 is 0 Å². The van der Waals surface area contributed by atoms with E-state index in [4.69, 9.17) is 17.0 Å². The summed E-state index contributed by atoms with van der Waals surface area (Å²) >= 11 is 5.82. The third-order valence-corrected chi connectivity index (χ3v) is 6.47. The zero-order chi connectivity index (χ0) is 22.8. The quantitative estimate of drug-likeness (QED) is 0.536. The smallest absolute Gasteiger partial charge is 0.221 e. The summed E-state index contributed by atoms with van der Waals surface area (Å²) < 4.78 is 8.19. The maximum absolute atomic E-state index is 11.4. The lowest BCUT2D eigenvalue weighted by Crippen LogP contribution is -2.31. The van der Waals surface area contributed by atoms with Crippen LogP contribution in [0.3, 0.4) is 0 Å². The molecule has 0 saturated carbocycles. The van der Waals surface area contributed by atoms with Gasteiger partial charge in [-0.05, 0) is 73.6 Å². The Balaban J connectivity index is 1.53. The second-order valence-electron chi connectivity index (χ2n) is 8.45. The minimum atomic E-state index is -0.105. The van der Waals surface area contributed by atoms with Crippen LogP contribution in [0.2, 0.25) is 0 Å². The van der Waals surface area contributed by atoms with E-state index in [-0.39, 0.29) is 24.1 Å². The van der Waals surface area contributed by atoms with Gasteiger partial charge in [-0.2, -0.15) is 0 Å². The average Bonchev–Trinajstić information content (AvgIpc) is 3.55. The normalized spacial score (nSPS) is 22.4. The van der Waals surface area contributed by atoms with Gasteiger partial charge < -0.3 is 24.8 Å². The van der Waals surface area contributed by atoms with E-state index in [9.17, 15) is 4.79 Å². The number of aromatic nitrogens is 2. The van der Waals surface area contributed by atoms with Gasteiger partial charge in [0.2, 0.25) is 5.91 Å². The number of carbonyl (C=O) groups excluding carboxylic acids is 1. The molecule has 2 aliphatic heterocycles. The Morgan fingerprint density at radius 1 is 1.21 bits per heavy atom. The van der Waals surface area contributed by atoms with Crippen LogP contribution < -0.4 is 15.5 Å². The summed E-state index contributed by atoms with van der Waals surface area (Å²) in [6, 6.07) is 17.8. The highest BCUT2D eigenvalue weighted by atomic mass is 32.1. The number of ether oxygens (including phenoxy) is 1. The summed E-state index contributed by atoms with van der Waals surface area (Å²) in [5.74, 6) is -0.0961. The van der Waals surface area contributed by atoms with Crippen LogP contribution in [0.1, 0.15) is 43.2 Å². The van der Waals surface area contributed by atoms with Crippen LogP contribution in [-0.2, 0) is 16.1 Å². The fourth-order valence-electron chi connectivity index (χ4n) is 4.71. The number of carbonyl (C=O) groups is 1. The SMILES string of the molecule is CC(=O)Nc1ccc(N2C(=S)N[C@H](c3ccccn3)[C@H]2c2cccn2C[C@H]2CCCO2)cc1. The monoisotopic (exact) mass is 461 g/mol. The van der Waals surface area contributed by atoms with Gasteiger partial charge in [0.05, 0.1) is 17.8 Å². The summed E-state index contributed by atoms with van der Waals surface area (Å²) in [6.45, 7) is 3.15. The average molecular weight is 462 g/mol. The Morgan fingerprint density at radius 3 is 2.76 bits per heavy atom. The first-order valence-electron chi connectivity index (χ1n) is 11.2. The highest BCUT2D eigenvalue weighted by Gasteiger charge is 2.42. The first-order valence-corrected chi connectivity index (χ1v) is 11.7. The molecule has 4 heterocycles. The highest BCUT2D eigenvalue weighted by Crippen LogP contribution is 2.42. The predicted molar refractivity (Wildman–Crippen MR) is 132 cm³/mol. The second-order valence-corrected chi connectivity index (χ2v) is 8.83. The number of benzene rings is 1. The molecule has 2 aliphatic rings. The molecule has 1 aromatic carbocycles. The summed E-state index contributed by atoms with van der Waals surface area (Å²) in [4.78, 5) is 18.2. The van der Waals surface area contributed by atoms with Crippen LogP contribution >= 0.6 is 12.2 Å². The maximum atomic E-state index is 11.4. The van der Waals surface area contributed by atoms with Crippen molar-refractivity contribution in [2.45, 2.75) is 44.5 Å². The fraction of sp³-hybridized carbons (Fsp3) is 0.320. The van der Waals surface area contributed by atoms with Crippen molar-refractivity contribution in [1.82, 2.24) is 14.9 Å². The van der Waals surface area contributed by atoms with Crippen molar-refractivity contribution in [2.24, 2.45) is 0 Å². The number of amides is 1. The zero-order valence-corrected chi connectivity index (χ0v) is 19.3. The molecule has 0 unspecified atom stereocenters. The van der Waals surface area contributed by atoms with E-state index in [1.165, 1.54) is 6.92 Å². The van der Waals surface area contributed by atoms with Gasteiger partial charge in [-0.15, -0.1) is 0 Å². The van der Waals surface area contributed by atoms with Crippen LogP contribution in [0.5, 0.6) is 0 Å². The second kappa shape index (κ2) is 9.33. The fourth-order valence-corrected chi connectivity index (χ4v) is 5.06. The van der Waals surface area contributed by atoms with Crippen molar-refractivity contribution in [2.75, 3.05) is 16.8 Å². The molecule has 3 aromatic rings. The molecule has 8 heteroatoms. The Bertz CT molecular complexity index is 1130. The molecule has 2 aromatic heterocycles. The van der Waals surface area contributed by atoms with Crippen LogP contribution in [0.4, 0.5) is 11.4 Å². The van der Waals surface area contributed by atoms with Gasteiger partial charge in [-0.25, -0.2) is 0 Å². The van der Waals surface area contributed by atoms with Crippen LogP contribution in [0, 0.1) is 0 Å². The molecule has 33 heavy (non-hydrogen) atoms. The highest BCUT2D eigenvalue weighted by molar-refractivity contribution is 7.80. The van der Waals surface area contributed by atoms with Crippen molar-refractivity contribution in [3.63, 3.8) is 0 Å². The van der Waals surface area contributed by atoms with Crippen molar-refractivity contribution >= 4 is 34.6 Å². The van der Waals surface area contributed by atoms with Gasteiger partial charge in [-0.3, -0.25) is 9.78 Å². The predicted octanol–water partition coefficient (Wildman–Crippen LogP) is 4.20. The molecule has 3 atom stereocenters. The molecule has 7 nitrogen and oxygen atoms in total. The molecule has 2 fully saturated rings. The Hall–Kier alpha value is -3.23. The largest absolute Gasteiger partial charge is 0.376 e. The van der Waals surface area contributed by atoms with E-state index in [1.54, 1.807) is 0 Å². The van der Waals surface area contributed by atoms with Crippen LogP contribution in [0.25, 0.3) is 0 Å². The van der Waals surface area contributed by atoms with Gasteiger partial charge in [0.15, 0.2) is 5.11 Å². The summed E-state index contributed by atoms with van der Waals surface area (Å²) in [5, 5.41) is 6.97. The minimum Gasteiger partial charge on any atom is -0.376 e. The Kier molecular flexibility index (Phi) is 6.11. The minimum absolute atomic E-state index is 0.0876. The first-order chi connectivity index (χ1) is 16.1. The molecule has 2 N–H and O–H groups in total. The van der Waals surface area contributed by atoms with E-state index in [0.717, 1.165) is 48.8 Å². The molecule has 0 bridgehead atoms. The van der Waals surface area contributed by atoms with E-state index in [2.05, 4.69) is 43.4 Å². The lowest BCUT2D eigenvalue weighted by atomic mass is 10.0. The molecular weight excluding hydrogens is 434 g/mol. The van der Waals surface area contributed by atoms with E-state index < -0.39 is 0 Å². The standard InChI is InChI=1S/C25H27N5O2S/c1-17(31)27-18-9-11-19(12-10-18)30-24(23(28-25(30)33)21-7-2-3-13-26-21)22-8-4-14-29(22)16-20-6-5-15-32-20/h2-4,7-14,20,23-24H,5-6,15-16H2,1H3,(H,27,31)(H,28,33)/t20-,23-,24-/m1/s1. The number of hydrogen-bond donors (Lipinski definition) is 2. The third-order valence-electron chi connectivity index (χ3n) is 6.16. The van der Waals surface area contributed by atoms with Gasteiger partial charge in [0.1, 0.15) is 6.04 Å². The van der Waals surface area contributed by atoms with E-state index in [0.29, 0.717) is 5.11 Å². The topological polar surface area (TPSA) is 71.4 Å². The molecule has 5 rings (SSSR count). The van der Waals surface area contributed by atoms with Crippen molar-refractivity contribution in [1.29, 1.82) is 0 Å². The zero-order valence-electron chi connectivity index (χ0n) is 18.5. The van der Waals surface area contributed by atoms with E-state index in [1.807, 2.05) is 48.7 Å². The van der Waals surface area contributed by atoms with Gasteiger partial charge in [-0.1, -0.05) is 6.07 Å². The molecule has 0 radical (unpaired) electrons. The summed E-state index contributed by atoms with van der Waals surface area (Å²) in [5.41, 5.74) is 3.80. The van der Waals surface area contributed by atoms with Crippen molar-refractivity contribution < 1.29 is 9.53 Å². The number of nitrogens with one attached hydrogen (secondary N) is 2. The van der Waals surface area contributed by atoms with Gasteiger partial charge in [0, 0.05) is 49.5 Å². The molecule has 2 saturated heterocycles. The van der Waals surface area contributed by atoms with Crippen LogP contribution in [-0.4, -0.2) is 33.3 Å². The number of nitrogens with zero attached hydrogens (tertiary/aromatic N) is 3. The van der Waals surface area contributed by atoms with Crippen molar-refractivity contribution in [3.8, 4) is 0 Å². The third kappa shape index (κ3) is 4.49. The number of anilines is 2. The lowest BCUT2D eigenvalue weighted by Gasteiger charge is -2.29. The number of rotatable bonds is 6. The lowest BCUT2D eigenvalue weighted by molar-refractivity contribution is -0.114. The molecule has 170 valence electrons. The maximum Gasteiger partial charge on any atom is 0.221 e. The van der Waals surface area contributed by atoms with Crippen LogP contribution in [0.15, 0.2) is 67.0 Å². The summed E-state index contributed by atoms with van der Waals surface area (Å²) in [6.07, 6.45) is 6.35. The van der Waals surface area contributed by atoms with Crippen molar-refractivity contribution in [3.05, 3.63) is 78.4 Å². The number of hydrogen-bond acceptors (Lipinski definition) is 4. The Morgan fingerprint density at radius 2 is 2.06 bits per heavy atom. The molecule has 0 spiro atoms. The summed E-state index contributed by atoms with van der Waals surface area (Å²) in [7, 11) is 0. The molecule has 1 amide bonds. The van der Waals surface area contributed by atoms with Gasteiger partial charge in [0.25, 0.3) is 0 Å². The first kappa shape index (κ1) is 21.6. The number of thiocarbonyl (C=S) groups is 1. The Labute approximate surface area is 198 Å². The number of pyridine rings is 1. The van der Waals surface area contributed by atoms with Gasteiger partial charge >= 0.3 is 0 Å². The molecule has 0 aliphatic carbocycles. The molecular formula is C25H27N5O2S.